The lowest BCUT2D eigenvalue weighted by molar-refractivity contribution is -0.145. The minimum atomic E-state index is -1.77. The van der Waals surface area contributed by atoms with Gasteiger partial charge in [-0.25, -0.2) is 14.4 Å². The van der Waals surface area contributed by atoms with Crippen molar-refractivity contribution in [2.45, 2.75) is 18.3 Å². The summed E-state index contributed by atoms with van der Waals surface area (Å²) in [6.07, 6.45) is 3.17. The molecule has 0 aromatic carbocycles. The molecule has 0 aromatic rings. The fourth-order valence-electron chi connectivity index (χ4n) is 2.93. The van der Waals surface area contributed by atoms with Gasteiger partial charge in [0, 0.05) is 18.2 Å². The number of amides is 3. The Hall–Kier alpha value is -4.30. The summed E-state index contributed by atoms with van der Waals surface area (Å²) in [5, 5.41) is 30.4. The number of carboxylic acid groups (broad SMARTS) is 2. The number of nitrogens with one attached hydrogen (secondary N) is 1. The molecule has 14 heteroatoms. The summed E-state index contributed by atoms with van der Waals surface area (Å²) in [4.78, 5) is 73.6. The van der Waals surface area contributed by atoms with Crippen molar-refractivity contribution in [3.63, 3.8) is 0 Å². The Kier molecular flexibility index (Phi) is 12.3. The first-order valence-electron chi connectivity index (χ1n) is 10.4. The van der Waals surface area contributed by atoms with Crippen LogP contribution in [0.15, 0.2) is 49.6 Å². The monoisotopic (exact) mass is 509 g/mol. The first-order chi connectivity index (χ1) is 17.0. The van der Waals surface area contributed by atoms with Crippen LogP contribution in [0.4, 0.5) is 4.79 Å². The highest BCUT2D eigenvalue weighted by Crippen LogP contribution is 2.16. The number of Topliss-reactive ketones (excluding diaryl/α,β-unsaturated/α-hetero) is 1. The maximum atomic E-state index is 12.9. The second-order valence-corrected chi connectivity index (χ2v) is 7.15. The molecule has 3 unspecified atom stereocenters. The van der Waals surface area contributed by atoms with Gasteiger partial charge in [0.25, 0.3) is 0 Å². The Labute approximate surface area is 205 Å². The standard InChI is InChI=1S/C22H27N3O11/c1-3-9-35-13-16(26)15(25-18(28)6-7-19(25)29)12-24(22(34)36-10-4-2)11-14(21(32)33)23-17(27)5-8-20(30)31/h3-8,14-15,18,28H,1-2,9-13H2,(H,23,27)(H,30,31)(H,32,33)/b8-5-. The number of ether oxygens (including phenoxy) is 2. The lowest BCUT2D eigenvalue weighted by Crippen LogP contribution is -2.57. The summed E-state index contributed by atoms with van der Waals surface area (Å²) >= 11 is 0. The molecular weight excluding hydrogens is 482 g/mol. The van der Waals surface area contributed by atoms with Gasteiger partial charge >= 0.3 is 18.0 Å². The van der Waals surface area contributed by atoms with Gasteiger partial charge in [0.15, 0.2) is 5.78 Å². The van der Waals surface area contributed by atoms with Crippen LogP contribution < -0.4 is 5.32 Å². The molecule has 1 aliphatic rings. The Balaban J connectivity index is 3.24. The molecule has 3 atom stereocenters. The van der Waals surface area contributed by atoms with Crippen molar-refractivity contribution >= 4 is 35.6 Å². The number of carbonyl (C=O) groups is 6. The molecule has 0 saturated heterocycles. The maximum Gasteiger partial charge on any atom is 0.410 e. The van der Waals surface area contributed by atoms with Crippen LogP contribution in [-0.4, -0.2) is 112 Å². The molecule has 4 N–H and O–H groups in total. The van der Waals surface area contributed by atoms with E-state index in [1.807, 2.05) is 5.32 Å². The molecule has 3 amide bonds. The van der Waals surface area contributed by atoms with E-state index >= 15 is 0 Å². The maximum absolute atomic E-state index is 12.9. The summed E-state index contributed by atoms with van der Waals surface area (Å²) in [7, 11) is 0. The number of carboxylic acids is 2. The number of ketones is 1. The highest BCUT2D eigenvalue weighted by molar-refractivity contribution is 5.97. The van der Waals surface area contributed by atoms with Crippen LogP contribution in [0.25, 0.3) is 0 Å². The minimum absolute atomic E-state index is 0.00468. The SMILES string of the molecule is C=CCOCC(=O)C(CN(CC(NC(=O)/C=C\C(=O)O)C(=O)O)C(=O)OCC=C)N1C(=O)C=CC1O. The summed E-state index contributed by atoms with van der Waals surface area (Å²) in [5.41, 5.74) is 0. The van der Waals surface area contributed by atoms with Crippen LogP contribution in [0.3, 0.4) is 0 Å². The van der Waals surface area contributed by atoms with Gasteiger partial charge in [0.05, 0.1) is 19.7 Å². The Bertz CT molecular complexity index is 944. The second kappa shape index (κ2) is 14.9. The zero-order valence-corrected chi connectivity index (χ0v) is 19.1. The van der Waals surface area contributed by atoms with Crippen LogP contribution in [0.1, 0.15) is 0 Å². The molecule has 36 heavy (non-hydrogen) atoms. The van der Waals surface area contributed by atoms with Gasteiger partial charge in [0.2, 0.25) is 11.8 Å². The third-order valence-electron chi connectivity index (χ3n) is 4.51. The van der Waals surface area contributed by atoms with Gasteiger partial charge in [-0.05, 0) is 6.08 Å². The van der Waals surface area contributed by atoms with E-state index in [9.17, 15) is 39.0 Å². The van der Waals surface area contributed by atoms with Crippen LogP contribution in [0.5, 0.6) is 0 Å². The number of aliphatic hydroxyl groups is 1. The van der Waals surface area contributed by atoms with Gasteiger partial charge < -0.3 is 35.0 Å². The number of carbonyl (C=O) groups excluding carboxylic acids is 4. The molecule has 0 bridgehead atoms. The average Bonchev–Trinajstić information content (AvgIpc) is 3.15. The molecule has 0 spiro atoms. The zero-order chi connectivity index (χ0) is 27.3. The van der Waals surface area contributed by atoms with E-state index in [1.54, 1.807) is 0 Å². The summed E-state index contributed by atoms with van der Waals surface area (Å²) in [6, 6.07) is -3.25. The Morgan fingerprint density at radius 2 is 1.78 bits per heavy atom. The van der Waals surface area contributed by atoms with Gasteiger partial charge in [-0.1, -0.05) is 18.7 Å². The smallest absolute Gasteiger partial charge is 0.410 e. The molecule has 0 aromatic heterocycles. The van der Waals surface area contributed by atoms with Gasteiger partial charge in [-0.2, -0.15) is 0 Å². The highest BCUT2D eigenvalue weighted by Gasteiger charge is 2.39. The van der Waals surface area contributed by atoms with E-state index in [4.69, 9.17) is 14.6 Å². The fraction of sp³-hybridized carbons (Fsp3) is 0.364. The molecule has 0 radical (unpaired) electrons. The number of aliphatic hydroxyl groups excluding tert-OH is 1. The van der Waals surface area contributed by atoms with Crippen molar-refractivity contribution in [1.82, 2.24) is 15.1 Å². The largest absolute Gasteiger partial charge is 0.480 e. The minimum Gasteiger partial charge on any atom is -0.480 e. The van der Waals surface area contributed by atoms with Crippen molar-refractivity contribution in [3.8, 4) is 0 Å². The van der Waals surface area contributed by atoms with Crippen LogP contribution >= 0.6 is 0 Å². The molecule has 0 fully saturated rings. The lowest BCUT2D eigenvalue weighted by Gasteiger charge is -2.34. The fourth-order valence-corrected chi connectivity index (χ4v) is 2.93. The van der Waals surface area contributed by atoms with Crippen molar-refractivity contribution in [2.24, 2.45) is 0 Å². The number of hydrogen-bond acceptors (Lipinski definition) is 9. The van der Waals surface area contributed by atoms with Crippen LogP contribution in [0.2, 0.25) is 0 Å². The lowest BCUT2D eigenvalue weighted by atomic mass is 10.1. The third kappa shape index (κ3) is 9.52. The van der Waals surface area contributed by atoms with Crippen molar-refractivity contribution in [1.29, 1.82) is 0 Å². The topological polar surface area (TPSA) is 200 Å². The first-order valence-corrected chi connectivity index (χ1v) is 10.4. The average molecular weight is 509 g/mol. The van der Waals surface area contributed by atoms with Gasteiger partial charge in [-0.15, -0.1) is 6.58 Å². The summed E-state index contributed by atoms with van der Waals surface area (Å²) in [6.45, 7) is 4.64. The number of aliphatic carboxylic acids is 2. The second-order valence-electron chi connectivity index (χ2n) is 7.15. The van der Waals surface area contributed by atoms with E-state index in [2.05, 4.69) is 13.2 Å². The molecule has 0 saturated carbocycles. The zero-order valence-electron chi connectivity index (χ0n) is 19.1. The third-order valence-corrected chi connectivity index (χ3v) is 4.51. The highest BCUT2D eigenvalue weighted by atomic mass is 16.6. The predicted octanol–water partition coefficient (Wildman–Crippen LogP) is -1.32. The van der Waals surface area contributed by atoms with E-state index in [-0.39, 0.29) is 13.2 Å². The van der Waals surface area contributed by atoms with Crippen molar-refractivity contribution < 1.29 is 53.6 Å². The van der Waals surface area contributed by atoms with Crippen molar-refractivity contribution in [2.75, 3.05) is 32.9 Å². The van der Waals surface area contributed by atoms with Gasteiger partial charge in [0.1, 0.15) is 31.5 Å². The molecule has 0 aliphatic carbocycles. The quantitative estimate of drug-likeness (QED) is 0.109. The van der Waals surface area contributed by atoms with E-state index < -0.39 is 73.6 Å². The number of nitrogens with zero attached hydrogens (tertiary/aromatic N) is 2. The van der Waals surface area contributed by atoms with E-state index in [1.165, 1.54) is 12.2 Å². The summed E-state index contributed by atoms with van der Waals surface area (Å²) in [5.74, 6) is -5.59. The molecule has 1 heterocycles. The van der Waals surface area contributed by atoms with E-state index in [0.717, 1.165) is 22.0 Å². The number of rotatable bonds is 16. The molecule has 196 valence electrons. The van der Waals surface area contributed by atoms with Crippen molar-refractivity contribution in [3.05, 3.63) is 49.6 Å². The van der Waals surface area contributed by atoms with Crippen LogP contribution in [0, 0.1) is 0 Å². The molecule has 14 nitrogen and oxygen atoms in total. The molecule has 1 aliphatic heterocycles. The Morgan fingerprint density at radius 1 is 1.11 bits per heavy atom. The first kappa shape index (κ1) is 29.7. The van der Waals surface area contributed by atoms with E-state index in [0.29, 0.717) is 12.2 Å². The number of hydrogen-bond donors (Lipinski definition) is 4. The Morgan fingerprint density at radius 3 is 2.31 bits per heavy atom. The normalized spacial score (nSPS) is 16.3. The summed E-state index contributed by atoms with van der Waals surface area (Å²) < 4.78 is 10.1. The molecular formula is C22H27N3O11. The predicted molar refractivity (Wildman–Crippen MR) is 121 cm³/mol. The molecule has 1 rings (SSSR count). The van der Waals surface area contributed by atoms with Crippen LogP contribution in [-0.2, 0) is 33.4 Å². The van der Waals surface area contributed by atoms with Gasteiger partial charge in [-0.3, -0.25) is 19.3 Å².